The van der Waals surface area contributed by atoms with Crippen LogP contribution >= 0.6 is 11.6 Å². The van der Waals surface area contributed by atoms with Crippen molar-refractivity contribution in [1.82, 2.24) is 9.03 Å². The van der Waals surface area contributed by atoms with Crippen molar-refractivity contribution in [3.05, 3.63) is 70.3 Å². The average molecular weight is 628 g/mol. The number of aryl methyl sites for hydroxylation is 1. The van der Waals surface area contributed by atoms with E-state index in [1.54, 1.807) is 18.2 Å². The fourth-order valence-electron chi connectivity index (χ4n) is 7.52. The molecule has 10 heteroatoms. The van der Waals surface area contributed by atoms with Gasteiger partial charge in [-0.05, 0) is 105 Å². The summed E-state index contributed by atoms with van der Waals surface area (Å²) in [5, 5.41) is 11.9. The molecule has 0 radical (unpaired) electrons. The van der Waals surface area contributed by atoms with Gasteiger partial charge in [-0.15, -0.1) is 0 Å². The van der Waals surface area contributed by atoms with Crippen LogP contribution in [0.5, 0.6) is 5.75 Å². The number of halogens is 1. The number of hydrogen-bond donors (Lipinski definition) is 2. The van der Waals surface area contributed by atoms with Gasteiger partial charge in [-0.1, -0.05) is 36.7 Å². The Labute approximate surface area is 260 Å². The molecule has 0 unspecified atom stereocenters. The molecule has 43 heavy (non-hydrogen) atoms. The van der Waals surface area contributed by atoms with Crippen molar-refractivity contribution >= 4 is 33.4 Å². The minimum absolute atomic E-state index is 0.113. The van der Waals surface area contributed by atoms with Gasteiger partial charge in [-0.3, -0.25) is 4.79 Å². The van der Waals surface area contributed by atoms with E-state index in [1.807, 2.05) is 32.1 Å². The summed E-state index contributed by atoms with van der Waals surface area (Å²) in [7, 11) is -4.10. The number of rotatable bonds is 2. The third-order valence-corrected chi connectivity index (χ3v) is 11.8. The molecule has 2 aliphatic heterocycles. The van der Waals surface area contributed by atoms with Gasteiger partial charge in [0.2, 0.25) is 0 Å². The van der Waals surface area contributed by atoms with Gasteiger partial charge < -0.3 is 14.7 Å². The van der Waals surface area contributed by atoms with Gasteiger partial charge in [0.05, 0.1) is 18.4 Å². The lowest BCUT2D eigenvalue weighted by Crippen LogP contribution is -2.49. The number of benzene rings is 2. The van der Waals surface area contributed by atoms with Gasteiger partial charge in [-0.25, -0.2) is 4.72 Å². The first-order valence-corrected chi connectivity index (χ1v) is 17.4. The van der Waals surface area contributed by atoms with Crippen LogP contribution in [0.2, 0.25) is 5.02 Å². The van der Waals surface area contributed by atoms with E-state index in [1.165, 1.54) is 15.4 Å². The number of anilines is 1. The molecule has 5 atom stereocenters. The van der Waals surface area contributed by atoms with Gasteiger partial charge in [0.15, 0.2) is 0 Å². The Bertz CT molecular complexity index is 1510. The Hall–Kier alpha value is -2.59. The normalized spacial score (nSPS) is 31.5. The molecule has 232 valence electrons. The van der Waals surface area contributed by atoms with Crippen LogP contribution in [0, 0.1) is 11.8 Å². The third-order valence-electron chi connectivity index (χ3n) is 9.95. The topological polar surface area (TPSA) is 99.2 Å². The molecule has 2 bridgehead atoms. The number of carbonyl (C=O) groups excluding carboxylic acids is 1. The van der Waals surface area contributed by atoms with Crippen LogP contribution in [0.4, 0.5) is 5.69 Å². The predicted molar refractivity (Wildman–Crippen MR) is 169 cm³/mol. The lowest BCUT2D eigenvalue weighted by molar-refractivity contribution is 0.0455. The lowest BCUT2D eigenvalue weighted by Gasteiger charge is -2.45. The highest BCUT2D eigenvalue weighted by Crippen LogP contribution is 2.46. The maximum Gasteiger partial charge on any atom is 0.304 e. The molecule has 2 aromatic carbocycles. The number of carbonyl (C=O) groups is 1. The Morgan fingerprint density at radius 3 is 2.79 bits per heavy atom. The van der Waals surface area contributed by atoms with Crippen LogP contribution in [-0.2, 0) is 22.0 Å². The summed E-state index contributed by atoms with van der Waals surface area (Å²) in [6.07, 6.45) is 9.07. The molecule has 2 heterocycles. The number of fused-ring (bicyclic) bond motifs is 4. The Morgan fingerprint density at radius 2 is 2.02 bits per heavy atom. The highest BCUT2D eigenvalue weighted by Gasteiger charge is 2.44. The Morgan fingerprint density at radius 1 is 1.19 bits per heavy atom. The summed E-state index contributed by atoms with van der Waals surface area (Å²) in [6, 6.07) is 11.0. The van der Waals surface area contributed by atoms with Crippen molar-refractivity contribution < 1.29 is 23.1 Å². The summed E-state index contributed by atoms with van der Waals surface area (Å²) < 4.78 is 37.1. The van der Waals surface area contributed by atoms with E-state index >= 15 is 0 Å². The second-order valence-corrected chi connectivity index (χ2v) is 14.9. The molecule has 6 rings (SSSR count). The maximum atomic E-state index is 13.5. The van der Waals surface area contributed by atoms with Gasteiger partial charge in [-0.2, -0.15) is 12.7 Å². The SMILES string of the molecule is CCCN1[C@@H](C)C/C=C/[C@H](O)[C@@H]2CC[C@H]2CN2C[C@@]3(CCCc4cc(Cl)ccc43)COc3ccc(cc32)C(=O)NS1(=O)=O. The van der Waals surface area contributed by atoms with Gasteiger partial charge in [0.1, 0.15) is 5.75 Å². The third kappa shape index (κ3) is 5.93. The van der Waals surface area contributed by atoms with E-state index in [0.29, 0.717) is 38.3 Å². The van der Waals surface area contributed by atoms with Gasteiger partial charge in [0.25, 0.3) is 5.91 Å². The average Bonchev–Trinajstić information content (AvgIpc) is 3.10. The van der Waals surface area contributed by atoms with Crippen LogP contribution in [-0.4, -0.2) is 62.1 Å². The zero-order chi connectivity index (χ0) is 30.4. The number of aliphatic hydroxyl groups is 1. The van der Waals surface area contributed by atoms with Gasteiger partial charge in [0, 0.05) is 41.7 Å². The molecule has 2 N–H and O–H groups in total. The van der Waals surface area contributed by atoms with E-state index in [0.717, 1.165) is 42.8 Å². The molecule has 1 amide bonds. The minimum atomic E-state index is -4.10. The standard InChI is InChI=1S/C33H42ClN3O5S/c1-3-16-37-22(2)6-4-8-30(38)27-12-9-25(27)19-36-20-33(15-5-7-23-17-26(34)11-13-28(23)33)21-42-31-14-10-24(18-29(31)36)32(39)35-43(37,40)41/h4,8,10-11,13-14,17-18,22,25,27,30,38H,3,5-7,9,12,15-16,19-21H2,1-2H3,(H,35,39)/b8-4+/t22-,25-,27+,30-,33-/m0/s1. The van der Waals surface area contributed by atoms with Crippen molar-refractivity contribution in [2.75, 3.05) is 31.1 Å². The molecule has 1 spiro atoms. The van der Waals surface area contributed by atoms with E-state index in [9.17, 15) is 18.3 Å². The fourth-order valence-corrected chi connectivity index (χ4v) is 9.16. The Balaban J connectivity index is 1.42. The molecule has 4 aliphatic rings. The van der Waals surface area contributed by atoms with Crippen LogP contribution in [0.1, 0.15) is 73.9 Å². The maximum absolute atomic E-state index is 13.5. The second kappa shape index (κ2) is 12.1. The summed E-state index contributed by atoms with van der Waals surface area (Å²) >= 11 is 6.39. The summed E-state index contributed by atoms with van der Waals surface area (Å²) in [4.78, 5) is 15.8. The lowest BCUT2D eigenvalue weighted by atomic mass is 9.68. The van der Waals surface area contributed by atoms with Crippen molar-refractivity contribution in [2.24, 2.45) is 11.8 Å². The molecule has 1 fully saturated rings. The predicted octanol–water partition coefficient (Wildman–Crippen LogP) is 5.24. The number of hydrogen-bond acceptors (Lipinski definition) is 6. The molecule has 0 saturated heterocycles. The van der Waals surface area contributed by atoms with Crippen LogP contribution < -0.4 is 14.4 Å². The molecular weight excluding hydrogens is 586 g/mol. The molecule has 2 aromatic rings. The van der Waals surface area contributed by atoms with E-state index in [4.69, 9.17) is 16.3 Å². The molecule has 0 aromatic heterocycles. The summed E-state index contributed by atoms with van der Waals surface area (Å²) in [5.74, 6) is 0.404. The fraction of sp³-hybridized carbons (Fsp3) is 0.545. The monoisotopic (exact) mass is 627 g/mol. The first-order valence-electron chi connectivity index (χ1n) is 15.6. The van der Waals surface area contributed by atoms with E-state index in [-0.39, 0.29) is 35.4 Å². The first kappa shape index (κ1) is 30.4. The molecule has 2 aliphatic carbocycles. The number of aliphatic hydroxyl groups excluding tert-OH is 1. The summed E-state index contributed by atoms with van der Waals surface area (Å²) in [5.41, 5.74) is 3.29. The van der Waals surface area contributed by atoms with E-state index in [2.05, 4.69) is 21.8 Å². The van der Waals surface area contributed by atoms with Crippen molar-refractivity contribution in [1.29, 1.82) is 0 Å². The smallest absolute Gasteiger partial charge is 0.304 e. The first-order chi connectivity index (χ1) is 20.6. The van der Waals surface area contributed by atoms with E-state index < -0.39 is 22.2 Å². The van der Waals surface area contributed by atoms with Crippen molar-refractivity contribution in [3.8, 4) is 5.75 Å². The Kier molecular flexibility index (Phi) is 8.54. The molecular formula is C33H42ClN3O5S. The number of ether oxygens (including phenoxy) is 1. The minimum Gasteiger partial charge on any atom is -0.490 e. The zero-order valence-electron chi connectivity index (χ0n) is 25.0. The van der Waals surface area contributed by atoms with Crippen molar-refractivity contribution in [3.63, 3.8) is 0 Å². The van der Waals surface area contributed by atoms with Gasteiger partial charge >= 0.3 is 10.2 Å². The second-order valence-electron chi connectivity index (χ2n) is 12.8. The van der Waals surface area contributed by atoms with Crippen molar-refractivity contribution in [2.45, 2.75) is 76.4 Å². The zero-order valence-corrected chi connectivity index (χ0v) is 26.5. The number of nitrogens with one attached hydrogen (secondary N) is 1. The quantitative estimate of drug-likeness (QED) is 0.442. The highest BCUT2D eigenvalue weighted by atomic mass is 35.5. The number of amides is 1. The highest BCUT2D eigenvalue weighted by molar-refractivity contribution is 7.87. The van der Waals surface area contributed by atoms with Crippen LogP contribution in [0.3, 0.4) is 0 Å². The molecule has 8 nitrogen and oxygen atoms in total. The summed E-state index contributed by atoms with van der Waals surface area (Å²) in [6.45, 7) is 5.91. The number of nitrogens with zero attached hydrogens (tertiary/aromatic N) is 2. The van der Waals surface area contributed by atoms with Crippen LogP contribution in [0.25, 0.3) is 0 Å². The molecule has 1 saturated carbocycles. The van der Waals surface area contributed by atoms with Crippen LogP contribution in [0.15, 0.2) is 48.6 Å². The largest absolute Gasteiger partial charge is 0.490 e.